The van der Waals surface area contributed by atoms with Gasteiger partial charge in [0.2, 0.25) is 0 Å². The maximum atomic E-state index is 12.6. The van der Waals surface area contributed by atoms with Crippen molar-refractivity contribution in [2.45, 2.75) is 36.6 Å². The van der Waals surface area contributed by atoms with E-state index in [0.717, 1.165) is 21.8 Å². The van der Waals surface area contributed by atoms with Crippen LogP contribution in [0.5, 0.6) is 0 Å². The molecule has 1 amide bonds. The van der Waals surface area contributed by atoms with E-state index in [-0.39, 0.29) is 11.9 Å². The molecule has 1 aliphatic carbocycles. The summed E-state index contributed by atoms with van der Waals surface area (Å²) in [5.74, 6) is 0.0736. The topological polar surface area (TPSA) is 20.3 Å². The number of rotatable bonds is 2. The number of nitrogens with zero attached hydrogens (tertiary/aromatic N) is 1. The van der Waals surface area contributed by atoms with Crippen LogP contribution in [0, 0.1) is 0 Å². The number of carbonyl (C=O) groups is 1. The van der Waals surface area contributed by atoms with Gasteiger partial charge in [0.15, 0.2) is 0 Å². The highest BCUT2D eigenvalue weighted by Gasteiger charge is 2.30. The van der Waals surface area contributed by atoms with Crippen molar-refractivity contribution in [3.8, 4) is 0 Å². The summed E-state index contributed by atoms with van der Waals surface area (Å²) in [5, 5.41) is 0. The molecule has 0 N–H and O–H groups in total. The second-order valence-electron chi connectivity index (χ2n) is 4.91. The SMILES string of the molecule is CN(C(=O)c1cc(Br)ccc1Br)C1CCCCC1Br. The summed E-state index contributed by atoms with van der Waals surface area (Å²) in [6.07, 6.45) is 4.66. The van der Waals surface area contributed by atoms with Gasteiger partial charge in [-0.25, -0.2) is 0 Å². The lowest BCUT2D eigenvalue weighted by molar-refractivity contribution is 0.0704. The fourth-order valence-electron chi connectivity index (χ4n) is 2.50. The number of carbonyl (C=O) groups excluding carboxylic acids is 1. The first kappa shape index (κ1) is 15.5. The lowest BCUT2D eigenvalue weighted by Crippen LogP contribution is -2.44. The van der Waals surface area contributed by atoms with E-state index in [9.17, 15) is 4.79 Å². The first-order valence-electron chi connectivity index (χ1n) is 6.37. The van der Waals surface area contributed by atoms with E-state index in [1.165, 1.54) is 12.8 Å². The normalized spacial score (nSPS) is 23.2. The monoisotopic (exact) mass is 451 g/mol. The van der Waals surface area contributed by atoms with Gasteiger partial charge in [-0.2, -0.15) is 0 Å². The minimum atomic E-state index is 0.0736. The molecular weight excluding hydrogens is 438 g/mol. The van der Waals surface area contributed by atoms with Gasteiger partial charge < -0.3 is 4.90 Å². The van der Waals surface area contributed by atoms with E-state index in [4.69, 9.17) is 0 Å². The zero-order valence-electron chi connectivity index (χ0n) is 10.7. The fourth-order valence-corrected chi connectivity index (χ4v) is 4.22. The van der Waals surface area contributed by atoms with Gasteiger partial charge in [-0.3, -0.25) is 4.79 Å². The maximum Gasteiger partial charge on any atom is 0.255 e. The van der Waals surface area contributed by atoms with Crippen molar-refractivity contribution in [2.24, 2.45) is 0 Å². The van der Waals surface area contributed by atoms with Gasteiger partial charge in [-0.1, -0.05) is 44.7 Å². The van der Waals surface area contributed by atoms with E-state index < -0.39 is 0 Å². The second-order valence-corrected chi connectivity index (χ2v) is 7.85. The molecule has 0 radical (unpaired) electrons. The Morgan fingerprint density at radius 2 is 1.95 bits per heavy atom. The summed E-state index contributed by atoms with van der Waals surface area (Å²) in [6, 6.07) is 5.98. The molecule has 0 heterocycles. The standard InChI is InChI=1S/C14H16Br3NO/c1-18(13-5-3-2-4-12(13)17)14(19)10-8-9(15)6-7-11(10)16/h6-8,12-13H,2-5H2,1H3. The van der Waals surface area contributed by atoms with Crippen molar-refractivity contribution in [3.63, 3.8) is 0 Å². The zero-order valence-corrected chi connectivity index (χ0v) is 15.5. The molecule has 5 heteroatoms. The number of hydrogen-bond donors (Lipinski definition) is 0. The predicted octanol–water partition coefficient (Wildman–Crippen LogP) is 4.99. The van der Waals surface area contributed by atoms with Crippen molar-refractivity contribution in [2.75, 3.05) is 7.05 Å². The highest BCUT2D eigenvalue weighted by atomic mass is 79.9. The number of benzene rings is 1. The first-order chi connectivity index (χ1) is 9.00. The molecule has 0 saturated heterocycles. The lowest BCUT2D eigenvalue weighted by atomic mass is 9.94. The predicted molar refractivity (Wildman–Crippen MR) is 88.9 cm³/mol. The molecule has 1 aromatic rings. The van der Waals surface area contributed by atoms with E-state index in [0.29, 0.717) is 10.4 Å². The van der Waals surface area contributed by atoms with Crippen molar-refractivity contribution in [1.82, 2.24) is 4.90 Å². The van der Waals surface area contributed by atoms with Crippen molar-refractivity contribution in [1.29, 1.82) is 0 Å². The van der Waals surface area contributed by atoms with Crippen molar-refractivity contribution < 1.29 is 4.79 Å². The fraction of sp³-hybridized carbons (Fsp3) is 0.500. The molecule has 104 valence electrons. The molecule has 2 unspecified atom stereocenters. The van der Waals surface area contributed by atoms with E-state index >= 15 is 0 Å². The first-order valence-corrected chi connectivity index (χ1v) is 8.87. The summed E-state index contributed by atoms with van der Waals surface area (Å²) in [6.45, 7) is 0. The van der Waals surface area contributed by atoms with Crippen molar-refractivity contribution >= 4 is 53.7 Å². The molecule has 1 fully saturated rings. The molecule has 2 nitrogen and oxygen atoms in total. The molecule has 0 aromatic heterocycles. The van der Waals surface area contributed by atoms with Crippen LogP contribution in [-0.2, 0) is 0 Å². The van der Waals surface area contributed by atoms with Crippen LogP contribution >= 0.6 is 47.8 Å². The van der Waals surface area contributed by atoms with Gasteiger partial charge in [0.1, 0.15) is 0 Å². The Kier molecular flexibility index (Phi) is 5.49. The van der Waals surface area contributed by atoms with Gasteiger partial charge in [-0.05, 0) is 47.0 Å². The summed E-state index contributed by atoms with van der Waals surface area (Å²) < 4.78 is 1.76. The highest BCUT2D eigenvalue weighted by Crippen LogP contribution is 2.30. The summed E-state index contributed by atoms with van der Waals surface area (Å²) in [5.41, 5.74) is 0.710. The van der Waals surface area contributed by atoms with Crippen LogP contribution in [0.3, 0.4) is 0 Å². The quantitative estimate of drug-likeness (QED) is 0.578. The van der Waals surface area contributed by atoms with Crippen LogP contribution in [0.15, 0.2) is 27.1 Å². The minimum absolute atomic E-state index is 0.0736. The van der Waals surface area contributed by atoms with Crippen LogP contribution in [0.25, 0.3) is 0 Å². The molecule has 2 atom stereocenters. The van der Waals surface area contributed by atoms with Gasteiger partial charge in [-0.15, -0.1) is 0 Å². The van der Waals surface area contributed by atoms with E-state index in [2.05, 4.69) is 47.8 Å². The number of alkyl halides is 1. The summed E-state index contributed by atoms with van der Waals surface area (Å²) in [7, 11) is 1.90. The van der Waals surface area contributed by atoms with Crippen molar-refractivity contribution in [3.05, 3.63) is 32.7 Å². The molecule has 2 rings (SSSR count). The van der Waals surface area contributed by atoms with Crippen LogP contribution in [-0.4, -0.2) is 28.7 Å². The van der Waals surface area contributed by atoms with Crippen LogP contribution < -0.4 is 0 Å². The minimum Gasteiger partial charge on any atom is -0.338 e. The second kappa shape index (κ2) is 6.72. The Balaban J connectivity index is 2.20. The van der Waals surface area contributed by atoms with Crippen LogP contribution in [0.2, 0.25) is 0 Å². The largest absolute Gasteiger partial charge is 0.338 e. The third kappa shape index (κ3) is 3.61. The molecule has 0 bridgehead atoms. The third-order valence-electron chi connectivity index (χ3n) is 3.62. The lowest BCUT2D eigenvalue weighted by Gasteiger charge is -2.35. The Labute approximate surface area is 139 Å². The average molecular weight is 454 g/mol. The van der Waals surface area contributed by atoms with Gasteiger partial charge in [0, 0.05) is 26.9 Å². The van der Waals surface area contributed by atoms with E-state index in [1.807, 2.05) is 30.1 Å². The molecular formula is C14H16Br3NO. The Morgan fingerprint density at radius 1 is 1.26 bits per heavy atom. The third-order valence-corrected chi connectivity index (χ3v) is 5.88. The Morgan fingerprint density at radius 3 is 2.63 bits per heavy atom. The van der Waals surface area contributed by atoms with E-state index in [1.54, 1.807) is 0 Å². The van der Waals surface area contributed by atoms with Gasteiger partial charge in [0.25, 0.3) is 5.91 Å². The molecule has 19 heavy (non-hydrogen) atoms. The Bertz CT molecular complexity index is 478. The smallest absolute Gasteiger partial charge is 0.255 e. The molecule has 1 saturated carbocycles. The van der Waals surface area contributed by atoms with Gasteiger partial charge in [0.05, 0.1) is 5.56 Å². The maximum absolute atomic E-state index is 12.6. The molecule has 0 spiro atoms. The molecule has 1 aromatic carbocycles. The highest BCUT2D eigenvalue weighted by molar-refractivity contribution is 9.11. The Hall–Kier alpha value is 0.130. The summed E-state index contributed by atoms with van der Waals surface area (Å²) >= 11 is 10.6. The van der Waals surface area contributed by atoms with Gasteiger partial charge >= 0.3 is 0 Å². The number of halogens is 3. The zero-order chi connectivity index (χ0) is 14.0. The van der Waals surface area contributed by atoms with Crippen LogP contribution in [0.4, 0.5) is 0 Å². The molecule has 0 aliphatic heterocycles. The summed E-state index contributed by atoms with van der Waals surface area (Å²) in [4.78, 5) is 14.9. The molecule has 1 aliphatic rings. The average Bonchev–Trinajstić information content (AvgIpc) is 2.40. The number of hydrogen-bond acceptors (Lipinski definition) is 1. The number of amides is 1. The van der Waals surface area contributed by atoms with Crippen LogP contribution in [0.1, 0.15) is 36.0 Å².